The van der Waals surface area contributed by atoms with Gasteiger partial charge in [0.1, 0.15) is 0 Å². The average molecular weight is 233 g/mol. The quantitative estimate of drug-likeness (QED) is 0.810. The van der Waals surface area contributed by atoms with E-state index in [4.69, 9.17) is 28.9 Å². The number of nitrogen functional groups attached to an aromatic ring is 1. The summed E-state index contributed by atoms with van der Waals surface area (Å²) in [6.07, 6.45) is 0. The fourth-order valence-electron chi connectivity index (χ4n) is 1.36. The standard InChI is InChI=1S/C10H14Cl2N2/c1-3-14(4-2)10-6-7(11)9(13)5-8(10)12/h5-6H,3-4,13H2,1-2H3. The van der Waals surface area contributed by atoms with E-state index in [0.29, 0.717) is 15.7 Å². The molecule has 1 rings (SSSR count). The fraction of sp³-hybridized carbons (Fsp3) is 0.400. The summed E-state index contributed by atoms with van der Waals surface area (Å²) in [6.45, 7) is 5.95. The van der Waals surface area contributed by atoms with Crippen LogP contribution in [-0.2, 0) is 0 Å². The maximum absolute atomic E-state index is 6.07. The Morgan fingerprint density at radius 2 is 1.71 bits per heavy atom. The molecule has 0 aliphatic carbocycles. The molecule has 0 heterocycles. The van der Waals surface area contributed by atoms with Crippen molar-refractivity contribution in [2.75, 3.05) is 23.7 Å². The van der Waals surface area contributed by atoms with Crippen LogP contribution in [0, 0.1) is 0 Å². The number of rotatable bonds is 3. The molecule has 0 bridgehead atoms. The van der Waals surface area contributed by atoms with Crippen molar-refractivity contribution in [3.8, 4) is 0 Å². The van der Waals surface area contributed by atoms with E-state index in [0.717, 1.165) is 18.8 Å². The number of benzene rings is 1. The predicted octanol–water partition coefficient (Wildman–Crippen LogP) is 3.42. The number of hydrogen-bond donors (Lipinski definition) is 1. The number of halogens is 2. The van der Waals surface area contributed by atoms with Crippen LogP contribution in [0.2, 0.25) is 10.0 Å². The molecule has 0 aliphatic heterocycles. The van der Waals surface area contributed by atoms with Crippen molar-refractivity contribution in [2.24, 2.45) is 0 Å². The molecule has 0 fully saturated rings. The van der Waals surface area contributed by atoms with Crippen LogP contribution < -0.4 is 10.6 Å². The normalized spacial score (nSPS) is 10.3. The van der Waals surface area contributed by atoms with Crippen LogP contribution in [0.5, 0.6) is 0 Å². The molecule has 0 aromatic heterocycles. The molecule has 0 atom stereocenters. The van der Waals surface area contributed by atoms with Crippen LogP contribution in [0.25, 0.3) is 0 Å². The highest BCUT2D eigenvalue weighted by Crippen LogP contribution is 2.33. The van der Waals surface area contributed by atoms with Crippen molar-refractivity contribution in [1.29, 1.82) is 0 Å². The Bertz CT molecular complexity index is 322. The van der Waals surface area contributed by atoms with Crippen LogP contribution in [-0.4, -0.2) is 13.1 Å². The van der Waals surface area contributed by atoms with E-state index in [-0.39, 0.29) is 0 Å². The fourth-order valence-corrected chi connectivity index (χ4v) is 1.81. The van der Waals surface area contributed by atoms with Crippen molar-refractivity contribution >= 4 is 34.6 Å². The lowest BCUT2D eigenvalue weighted by atomic mass is 10.2. The smallest absolute Gasteiger partial charge is 0.0661 e. The van der Waals surface area contributed by atoms with Gasteiger partial charge in [0, 0.05) is 13.1 Å². The second-order valence-electron chi connectivity index (χ2n) is 3.00. The minimum absolute atomic E-state index is 0.521. The predicted molar refractivity (Wildman–Crippen MR) is 64.4 cm³/mol. The zero-order valence-corrected chi connectivity index (χ0v) is 9.86. The Morgan fingerprint density at radius 1 is 1.14 bits per heavy atom. The summed E-state index contributed by atoms with van der Waals surface area (Å²) in [5.74, 6) is 0. The van der Waals surface area contributed by atoms with E-state index in [1.165, 1.54) is 0 Å². The van der Waals surface area contributed by atoms with E-state index < -0.39 is 0 Å². The molecule has 2 nitrogen and oxygen atoms in total. The average Bonchev–Trinajstić information content (AvgIpc) is 2.15. The minimum atomic E-state index is 0.521. The van der Waals surface area contributed by atoms with Gasteiger partial charge in [-0.2, -0.15) is 0 Å². The summed E-state index contributed by atoms with van der Waals surface area (Å²) >= 11 is 12.0. The molecule has 0 saturated carbocycles. The third kappa shape index (κ3) is 2.25. The zero-order chi connectivity index (χ0) is 10.7. The Labute approximate surface area is 94.6 Å². The molecular weight excluding hydrogens is 219 g/mol. The maximum atomic E-state index is 6.07. The van der Waals surface area contributed by atoms with E-state index >= 15 is 0 Å². The molecule has 14 heavy (non-hydrogen) atoms. The molecule has 0 aliphatic rings. The van der Waals surface area contributed by atoms with Gasteiger partial charge in [-0.25, -0.2) is 0 Å². The topological polar surface area (TPSA) is 29.3 Å². The highest BCUT2D eigenvalue weighted by molar-refractivity contribution is 6.37. The van der Waals surface area contributed by atoms with Gasteiger partial charge < -0.3 is 10.6 Å². The summed E-state index contributed by atoms with van der Waals surface area (Å²) in [5.41, 5.74) is 7.10. The number of anilines is 2. The number of nitrogens with zero attached hydrogens (tertiary/aromatic N) is 1. The van der Waals surface area contributed by atoms with Crippen molar-refractivity contribution in [1.82, 2.24) is 0 Å². The summed E-state index contributed by atoms with van der Waals surface area (Å²) < 4.78 is 0. The van der Waals surface area contributed by atoms with Gasteiger partial charge in [0.05, 0.1) is 21.4 Å². The monoisotopic (exact) mass is 232 g/mol. The third-order valence-corrected chi connectivity index (χ3v) is 2.80. The lowest BCUT2D eigenvalue weighted by Crippen LogP contribution is -2.22. The maximum Gasteiger partial charge on any atom is 0.0661 e. The molecular formula is C10H14Cl2N2. The van der Waals surface area contributed by atoms with Gasteiger partial charge in [-0.3, -0.25) is 0 Å². The molecule has 0 unspecified atom stereocenters. The summed E-state index contributed by atoms with van der Waals surface area (Å²) in [4.78, 5) is 2.13. The number of nitrogens with two attached hydrogens (primary N) is 1. The molecule has 0 saturated heterocycles. The summed E-state index contributed by atoms with van der Waals surface area (Å²) in [7, 11) is 0. The summed E-state index contributed by atoms with van der Waals surface area (Å²) in [6, 6.07) is 3.50. The van der Waals surface area contributed by atoms with Gasteiger partial charge in [0.25, 0.3) is 0 Å². The van der Waals surface area contributed by atoms with Crippen LogP contribution in [0.1, 0.15) is 13.8 Å². The van der Waals surface area contributed by atoms with E-state index in [9.17, 15) is 0 Å². The largest absolute Gasteiger partial charge is 0.397 e. The minimum Gasteiger partial charge on any atom is -0.397 e. The van der Waals surface area contributed by atoms with Crippen LogP contribution in [0.4, 0.5) is 11.4 Å². The second-order valence-corrected chi connectivity index (χ2v) is 3.81. The first-order valence-electron chi connectivity index (χ1n) is 4.59. The Hall–Kier alpha value is -0.600. The van der Waals surface area contributed by atoms with Gasteiger partial charge in [-0.1, -0.05) is 23.2 Å². The third-order valence-electron chi connectivity index (χ3n) is 2.17. The van der Waals surface area contributed by atoms with Gasteiger partial charge in [-0.05, 0) is 26.0 Å². The number of hydrogen-bond acceptors (Lipinski definition) is 2. The molecule has 2 N–H and O–H groups in total. The molecule has 1 aromatic carbocycles. The molecule has 0 amide bonds. The van der Waals surface area contributed by atoms with Crippen LogP contribution in [0.3, 0.4) is 0 Å². The van der Waals surface area contributed by atoms with Crippen LogP contribution >= 0.6 is 23.2 Å². The lowest BCUT2D eigenvalue weighted by Gasteiger charge is -2.22. The lowest BCUT2D eigenvalue weighted by molar-refractivity contribution is 0.866. The van der Waals surface area contributed by atoms with Crippen molar-refractivity contribution in [3.63, 3.8) is 0 Å². The second kappa shape index (κ2) is 4.76. The molecule has 1 aromatic rings. The Balaban J connectivity index is 3.14. The molecule has 0 spiro atoms. The van der Waals surface area contributed by atoms with E-state index in [2.05, 4.69) is 18.7 Å². The van der Waals surface area contributed by atoms with Crippen LogP contribution in [0.15, 0.2) is 12.1 Å². The highest BCUT2D eigenvalue weighted by atomic mass is 35.5. The first kappa shape index (κ1) is 11.5. The summed E-state index contributed by atoms with van der Waals surface area (Å²) in [5, 5.41) is 1.20. The van der Waals surface area contributed by atoms with E-state index in [1.807, 2.05) is 6.07 Å². The highest BCUT2D eigenvalue weighted by Gasteiger charge is 2.09. The van der Waals surface area contributed by atoms with Crippen molar-refractivity contribution in [3.05, 3.63) is 22.2 Å². The Kier molecular flexibility index (Phi) is 3.90. The molecule has 4 heteroatoms. The van der Waals surface area contributed by atoms with Crippen molar-refractivity contribution < 1.29 is 0 Å². The van der Waals surface area contributed by atoms with Gasteiger partial charge in [0.15, 0.2) is 0 Å². The van der Waals surface area contributed by atoms with Gasteiger partial charge >= 0.3 is 0 Å². The van der Waals surface area contributed by atoms with Crippen molar-refractivity contribution in [2.45, 2.75) is 13.8 Å². The first-order chi connectivity index (χ1) is 6.60. The van der Waals surface area contributed by atoms with Gasteiger partial charge in [0.2, 0.25) is 0 Å². The first-order valence-corrected chi connectivity index (χ1v) is 5.35. The zero-order valence-electron chi connectivity index (χ0n) is 8.35. The Morgan fingerprint density at radius 3 is 2.21 bits per heavy atom. The van der Waals surface area contributed by atoms with E-state index in [1.54, 1.807) is 6.07 Å². The SMILES string of the molecule is CCN(CC)c1cc(Cl)c(N)cc1Cl. The molecule has 78 valence electrons. The molecule has 0 radical (unpaired) electrons. The van der Waals surface area contributed by atoms with Gasteiger partial charge in [-0.15, -0.1) is 0 Å².